The fourth-order valence-electron chi connectivity index (χ4n) is 4.22. The van der Waals surface area contributed by atoms with E-state index in [2.05, 4.69) is 12.1 Å². The van der Waals surface area contributed by atoms with Crippen LogP contribution in [0.5, 0.6) is 17.2 Å². The highest BCUT2D eigenvalue weighted by Crippen LogP contribution is 2.28. The normalized spacial score (nSPS) is 10.9. The van der Waals surface area contributed by atoms with Crippen molar-refractivity contribution in [1.29, 1.82) is 0 Å². The van der Waals surface area contributed by atoms with E-state index in [9.17, 15) is 9.59 Å². The highest BCUT2D eigenvalue weighted by molar-refractivity contribution is 6.13. The van der Waals surface area contributed by atoms with E-state index < -0.39 is 0 Å². The lowest BCUT2D eigenvalue weighted by Gasteiger charge is -2.21. The molecule has 0 aliphatic carbocycles. The predicted molar refractivity (Wildman–Crippen MR) is 156 cm³/mol. The van der Waals surface area contributed by atoms with Crippen molar-refractivity contribution in [1.82, 2.24) is 0 Å². The second-order valence-corrected chi connectivity index (χ2v) is 10.4. The number of ketones is 2. The molecule has 0 atom stereocenters. The zero-order valence-corrected chi connectivity index (χ0v) is 22.6. The van der Waals surface area contributed by atoms with E-state index in [0.717, 1.165) is 16.9 Å². The largest absolute Gasteiger partial charge is 0.488 e. The Morgan fingerprint density at radius 1 is 0.575 bits per heavy atom. The van der Waals surface area contributed by atoms with Crippen molar-refractivity contribution >= 4 is 11.6 Å². The SMILES string of the molecule is CC(C)(C)Oc1ccc(-c2ccc(Oc3ccc(C(=O)c4cccc(C(=O)c5cc#ccc5)c4)cc3)cc2)cc1. The summed E-state index contributed by atoms with van der Waals surface area (Å²) in [7, 11) is 0. The summed E-state index contributed by atoms with van der Waals surface area (Å²) in [6.45, 7) is 6.08. The first-order chi connectivity index (χ1) is 19.2. The minimum absolute atomic E-state index is 0.166. The number of benzene rings is 4. The second kappa shape index (κ2) is 11.3. The summed E-state index contributed by atoms with van der Waals surface area (Å²) in [4.78, 5) is 25.9. The molecule has 0 bridgehead atoms. The van der Waals surface area contributed by atoms with Crippen LogP contribution >= 0.6 is 0 Å². The van der Waals surface area contributed by atoms with E-state index in [1.165, 1.54) is 0 Å². The van der Waals surface area contributed by atoms with Crippen molar-refractivity contribution in [3.05, 3.63) is 150 Å². The first-order valence-corrected chi connectivity index (χ1v) is 13.0. The van der Waals surface area contributed by atoms with Crippen LogP contribution in [0.15, 0.2) is 115 Å². The molecule has 4 heteroatoms. The van der Waals surface area contributed by atoms with Gasteiger partial charge in [-0.1, -0.05) is 54.6 Å². The fourth-order valence-corrected chi connectivity index (χ4v) is 4.22. The highest BCUT2D eigenvalue weighted by atomic mass is 16.5. The third-order valence-electron chi connectivity index (χ3n) is 6.12. The molecule has 0 aliphatic heterocycles. The summed E-state index contributed by atoms with van der Waals surface area (Å²) in [5.74, 6) is 1.81. The van der Waals surface area contributed by atoms with Gasteiger partial charge in [0.25, 0.3) is 0 Å². The van der Waals surface area contributed by atoms with E-state index in [1.54, 1.807) is 66.7 Å². The van der Waals surface area contributed by atoms with Gasteiger partial charge >= 0.3 is 0 Å². The van der Waals surface area contributed by atoms with Crippen molar-refractivity contribution in [3.8, 4) is 28.4 Å². The minimum Gasteiger partial charge on any atom is -0.488 e. The van der Waals surface area contributed by atoms with E-state index in [1.807, 2.05) is 69.3 Å². The maximum Gasteiger partial charge on any atom is 0.193 e. The van der Waals surface area contributed by atoms with Gasteiger partial charge in [-0.15, -0.1) is 0 Å². The zero-order valence-electron chi connectivity index (χ0n) is 22.6. The molecular formula is C36H28O4. The maximum atomic E-state index is 13.1. The molecule has 0 unspecified atom stereocenters. The quantitative estimate of drug-likeness (QED) is 0.191. The first kappa shape index (κ1) is 26.5. The third-order valence-corrected chi connectivity index (χ3v) is 6.12. The summed E-state index contributed by atoms with van der Waals surface area (Å²) in [6, 6.07) is 40.1. The fraction of sp³-hybridized carbons (Fsp3) is 0.111. The molecule has 0 aliphatic rings. The Labute approximate surface area is 234 Å². The summed E-state index contributed by atoms with van der Waals surface area (Å²) < 4.78 is 11.9. The monoisotopic (exact) mass is 524 g/mol. The Hall–Kier alpha value is -5.14. The molecule has 196 valence electrons. The van der Waals surface area contributed by atoms with Gasteiger partial charge in [0.1, 0.15) is 22.8 Å². The summed E-state index contributed by atoms with van der Waals surface area (Å²) in [6.07, 6.45) is 0. The van der Waals surface area contributed by atoms with Crippen molar-refractivity contribution in [3.63, 3.8) is 0 Å². The molecule has 5 aromatic rings. The molecule has 0 N–H and O–H groups in total. The molecule has 0 saturated heterocycles. The van der Waals surface area contributed by atoms with Gasteiger partial charge in [-0.25, -0.2) is 0 Å². The molecule has 0 heterocycles. The molecule has 5 aromatic carbocycles. The Balaban J connectivity index is 1.23. The van der Waals surface area contributed by atoms with Gasteiger partial charge in [-0.2, -0.15) is 0 Å². The van der Waals surface area contributed by atoms with Crippen LogP contribution in [0.3, 0.4) is 0 Å². The number of hydrogen-bond donors (Lipinski definition) is 0. The van der Waals surface area contributed by atoms with Gasteiger partial charge in [0.15, 0.2) is 11.6 Å². The molecule has 5 rings (SSSR count). The van der Waals surface area contributed by atoms with Gasteiger partial charge in [-0.3, -0.25) is 9.59 Å². The standard InChI is InChI=1S/C36H28O4/c1-36(2,3)40-33-22-14-26(15-23-33)25-12-18-31(19-13-25)39-32-20-16-28(17-21-32)35(38)30-11-7-10-29(24-30)34(37)27-8-5-4-6-9-27/h5,7-24H,1-3H3. The molecule has 0 fully saturated rings. The molecular weight excluding hydrogens is 496 g/mol. The zero-order chi connectivity index (χ0) is 28.1. The van der Waals surface area contributed by atoms with Crippen LogP contribution in [-0.2, 0) is 0 Å². The van der Waals surface area contributed by atoms with Crippen LogP contribution in [0.25, 0.3) is 11.1 Å². The molecule has 0 saturated carbocycles. The smallest absolute Gasteiger partial charge is 0.193 e. The Kier molecular flexibility index (Phi) is 7.48. The van der Waals surface area contributed by atoms with E-state index in [-0.39, 0.29) is 17.2 Å². The van der Waals surface area contributed by atoms with Crippen LogP contribution in [-0.4, -0.2) is 17.2 Å². The average Bonchev–Trinajstić information content (AvgIpc) is 2.97. The van der Waals surface area contributed by atoms with Crippen molar-refractivity contribution in [2.24, 2.45) is 0 Å². The number of hydrogen-bond acceptors (Lipinski definition) is 4. The molecule has 0 radical (unpaired) electrons. The number of rotatable bonds is 8. The summed E-state index contributed by atoms with van der Waals surface area (Å²) in [5, 5.41) is 0. The third kappa shape index (κ3) is 6.46. The predicted octanol–water partition coefficient (Wildman–Crippen LogP) is 8.39. The summed E-state index contributed by atoms with van der Waals surface area (Å²) >= 11 is 0. The Bertz CT molecular complexity index is 1610. The Morgan fingerprint density at radius 3 is 1.62 bits per heavy atom. The van der Waals surface area contributed by atoms with Crippen molar-refractivity contribution < 1.29 is 19.1 Å². The number of carbonyl (C=O) groups excluding carboxylic acids is 2. The highest BCUT2D eigenvalue weighted by Gasteiger charge is 2.14. The van der Waals surface area contributed by atoms with Crippen LogP contribution in [0.1, 0.15) is 52.6 Å². The van der Waals surface area contributed by atoms with Crippen molar-refractivity contribution in [2.45, 2.75) is 26.4 Å². The Morgan fingerprint density at radius 2 is 1.10 bits per heavy atom. The van der Waals surface area contributed by atoms with Crippen LogP contribution in [0, 0.1) is 12.1 Å². The van der Waals surface area contributed by atoms with Crippen LogP contribution in [0.2, 0.25) is 0 Å². The lowest BCUT2D eigenvalue weighted by atomic mass is 9.98. The van der Waals surface area contributed by atoms with Gasteiger partial charge in [0.05, 0.1) is 0 Å². The molecule has 0 amide bonds. The van der Waals surface area contributed by atoms with Gasteiger partial charge in [-0.05, 0) is 105 Å². The molecule has 40 heavy (non-hydrogen) atoms. The summed E-state index contributed by atoms with van der Waals surface area (Å²) in [5.41, 5.74) is 3.82. The van der Waals surface area contributed by atoms with Crippen molar-refractivity contribution in [2.75, 3.05) is 0 Å². The van der Waals surface area contributed by atoms with Crippen LogP contribution < -0.4 is 9.47 Å². The molecule has 0 spiro atoms. The van der Waals surface area contributed by atoms with E-state index >= 15 is 0 Å². The topological polar surface area (TPSA) is 52.6 Å². The first-order valence-electron chi connectivity index (χ1n) is 13.0. The van der Waals surface area contributed by atoms with Gasteiger partial charge in [0.2, 0.25) is 0 Å². The maximum absolute atomic E-state index is 13.1. The molecule has 4 nitrogen and oxygen atoms in total. The van der Waals surface area contributed by atoms with Gasteiger partial charge < -0.3 is 9.47 Å². The van der Waals surface area contributed by atoms with Crippen LogP contribution in [0.4, 0.5) is 0 Å². The number of ether oxygens (including phenoxy) is 2. The number of carbonyl (C=O) groups is 2. The average molecular weight is 525 g/mol. The lowest BCUT2D eigenvalue weighted by molar-refractivity contribution is 0.103. The van der Waals surface area contributed by atoms with E-state index in [4.69, 9.17) is 9.47 Å². The van der Waals surface area contributed by atoms with Gasteiger partial charge in [0, 0.05) is 22.3 Å². The van der Waals surface area contributed by atoms with E-state index in [0.29, 0.717) is 33.8 Å². The minimum atomic E-state index is -0.238. The molecule has 0 aromatic heterocycles. The second-order valence-electron chi connectivity index (χ2n) is 10.4. The lowest BCUT2D eigenvalue weighted by Crippen LogP contribution is -2.22.